The maximum Gasteiger partial charge on any atom is 0.265 e. The Morgan fingerprint density at radius 2 is 1.86 bits per heavy atom. The fraction of sp³-hybridized carbons (Fsp3) is 0.435. The van der Waals surface area contributed by atoms with Gasteiger partial charge >= 0.3 is 0 Å². The number of thioether (sulfide) groups is 2. The molecule has 4 nitrogen and oxygen atoms in total. The van der Waals surface area contributed by atoms with Crippen LogP contribution in [-0.2, 0) is 11.2 Å². The molecule has 1 fully saturated rings. The molecule has 2 aromatic carbocycles. The number of rotatable bonds is 5. The minimum Gasteiger partial charge on any atom is -0.495 e. The molecule has 2 aliphatic heterocycles. The molecular weight excluding hydrogens is 402 g/mol. The highest BCUT2D eigenvalue weighted by molar-refractivity contribution is 8.16. The van der Waals surface area contributed by atoms with E-state index in [4.69, 9.17) is 9.47 Å². The van der Waals surface area contributed by atoms with Crippen molar-refractivity contribution < 1.29 is 14.3 Å². The molecule has 0 atom stereocenters. The van der Waals surface area contributed by atoms with Crippen molar-refractivity contribution in [2.45, 2.75) is 30.8 Å². The summed E-state index contributed by atoms with van der Waals surface area (Å²) in [5.74, 6) is 3.92. The first-order chi connectivity index (χ1) is 14.2. The SMILES string of the molecule is COc1ccc(C)c2c1N(C(=O)COc1ccc(C3SCCCS3)cc1)CCC2. The van der Waals surface area contributed by atoms with Crippen molar-refractivity contribution in [3.8, 4) is 11.5 Å². The average molecular weight is 430 g/mol. The van der Waals surface area contributed by atoms with Crippen molar-refractivity contribution >= 4 is 35.1 Å². The fourth-order valence-electron chi connectivity index (χ4n) is 3.89. The molecule has 2 aliphatic rings. The van der Waals surface area contributed by atoms with E-state index in [1.54, 1.807) is 7.11 Å². The van der Waals surface area contributed by atoms with E-state index in [0.29, 0.717) is 11.1 Å². The highest BCUT2D eigenvalue weighted by Gasteiger charge is 2.27. The summed E-state index contributed by atoms with van der Waals surface area (Å²) < 4.78 is 11.9. The quantitative estimate of drug-likeness (QED) is 0.651. The summed E-state index contributed by atoms with van der Waals surface area (Å²) in [7, 11) is 1.66. The first kappa shape index (κ1) is 20.5. The van der Waals surface area contributed by atoms with Crippen LogP contribution in [0.25, 0.3) is 0 Å². The second kappa shape index (κ2) is 9.35. The standard InChI is InChI=1S/C23H27NO3S2/c1-16-6-11-20(26-2)22-19(16)5-3-12-24(22)21(25)15-27-18-9-7-17(8-10-18)23-28-13-4-14-29-23/h6-11,23H,3-5,12-15H2,1-2H3. The molecule has 0 aliphatic carbocycles. The summed E-state index contributed by atoms with van der Waals surface area (Å²) in [5, 5.41) is 0. The summed E-state index contributed by atoms with van der Waals surface area (Å²) in [6.45, 7) is 2.82. The van der Waals surface area contributed by atoms with Crippen LogP contribution in [0.1, 0.15) is 34.1 Å². The lowest BCUT2D eigenvalue weighted by atomic mass is 9.96. The van der Waals surface area contributed by atoms with Gasteiger partial charge in [-0.05, 0) is 72.6 Å². The third-order valence-electron chi connectivity index (χ3n) is 5.42. The molecule has 154 valence electrons. The van der Waals surface area contributed by atoms with Crippen molar-refractivity contribution in [1.82, 2.24) is 0 Å². The van der Waals surface area contributed by atoms with Gasteiger partial charge in [-0.1, -0.05) is 18.2 Å². The van der Waals surface area contributed by atoms with E-state index in [9.17, 15) is 4.79 Å². The van der Waals surface area contributed by atoms with Crippen LogP contribution in [0, 0.1) is 6.92 Å². The minimum atomic E-state index is -0.0303. The zero-order valence-corrected chi connectivity index (χ0v) is 18.6. The smallest absolute Gasteiger partial charge is 0.265 e. The van der Waals surface area contributed by atoms with Gasteiger partial charge in [0.25, 0.3) is 5.91 Å². The molecule has 1 saturated heterocycles. The Morgan fingerprint density at radius 1 is 1.10 bits per heavy atom. The van der Waals surface area contributed by atoms with Gasteiger partial charge in [0.15, 0.2) is 6.61 Å². The molecule has 0 spiro atoms. The summed E-state index contributed by atoms with van der Waals surface area (Å²) in [5.41, 5.74) is 4.64. The topological polar surface area (TPSA) is 38.8 Å². The maximum absolute atomic E-state index is 13.0. The zero-order chi connectivity index (χ0) is 20.2. The zero-order valence-electron chi connectivity index (χ0n) is 17.0. The van der Waals surface area contributed by atoms with E-state index in [1.807, 2.05) is 46.6 Å². The molecule has 6 heteroatoms. The number of aryl methyl sites for hydroxylation is 1. The lowest BCUT2D eigenvalue weighted by molar-refractivity contribution is -0.120. The van der Waals surface area contributed by atoms with E-state index in [1.165, 1.54) is 34.6 Å². The van der Waals surface area contributed by atoms with E-state index in [2.05, 4.69) is 25.1 Å². The number of nitrogens with zero attached hydrogens (tertiary/aromatic N) is 1. The second-order valence-electron chi connectivity index (χ2n) is 7.35. The summed E-state index contributed by atoms with van der Waals surface area (Å²) in [4.78, 5) is 14.8. The Kier molecular flexibility index (Phi) is 6.60. The average Bonchev–Trinajstić information content (AvgIpc) is 2.78. The number of fused-ring (bicyclic) bond motifs is 1. The largest absolute Gasteiger partial charge is 0.495 e. The van der Waals surface area contributed by atoms with Gasteiger partial charge in [-0.2, -0.15) is 0 Å². The van der Waals surface area contributed by atoms with Gasteiger partial charge in [0.05, 0.1) is 17.4 Å². The number of hydrogen-bond donors (Lipinski definition) is 0. The lowest BCUT2D eigenvalue weighted by Gasteiger charge is -2.32. The number of methoxy groups -OCH3 is 1. The van der Waals surface area contributed by atoms with E-state index in [-0.39, 0.29) is 12.5 Å². The summed E-state index contributed by atoms with van der Waals surface area (Å²) in [6, 6.07) is 12.2. The van der Waals surface area contributed by atoms with Gasteiger partial charge in [0, 0.05) is 6.54 Å². The highest BCUT2D eigenvalue weighted by Crippen LogP contribution is 2.44. The van der Waals surface area contributed by atoms with Gasteiger partial charge in [-0.15, -0.1) is 23.5 Å². The van der Waals surface area contributed by atoms with Gasteiger partial charge in [-0.25, -0.2) is 0 Å². The van der Waals surface area contributed by atoms with Crippen LogP contribution < -0.4 is 14.4 Å². The maximum atomic E-state index is 13.0. The van der Waals surface area contributed by atoms with Gasteiger partial charge in [0.1, 0.15) is 11.5 Å². The van der Waals surface area contributed by atoms with Crippen molar-refractivity contribution in [3.63, 3.8) is 0 Å². The number of anilines is 1. The number of carbonyl (C=O) groups is 1. The molecule has 1 amide bonds. The number of amides is 1. The Morgan fingerprint density at radius 3 is 2.59 bits per heavy atom. The molecule has 0 saturated carbocycles. The third-order valence-corrected chi connectivity index (χ3v) is 8.44. The Balaban J connectivity index is 1.43. The molecule has 0 aromatic heterocycles. The number of benzene rings is 2. The van der Waals surface area contributed by atoms with Crippen LogP contribution in [0.15, 0.2) is 36.4 Å². The fourth-order valence-corrected chi connectivity index (χ4v) is 6.79. The number of ether oxygens (including phenoxy) is 2. The van der Waals surface area contributed by atoms with Crippen molar-refractivity contribution in [2.75, 3.05) is 36.7 Å². The molecular formula is C23H27NO3S2. The van der Waals surface area contributed by atoms with Crippen LogP contribution >= 0.6 is 23.5 Å². The Hall–Kier alpha value is -1.79. The monoisotopic (exact) mass is 429 g/mol. The second-order valence-corrected chi connectivity index (χ2v) is 10.1. The number of hydrogen-bond acceptors (Lipinski definition) is 5. The van der Waals surface area contributed by atoms with E-state index < -0.39 is 0 Å². The Bertz CT molecular complexity index is 863. The molecule has 29 heavy (non-hydrogen) atoms. The van der Waals surface area contributed by atoms with Crippen LogP contribution in [0.5, 0.6) is 11.5 Å². The Labute approximate surface area is 181 Å². The first-order valence-electron chi connectivity index (χ1n) is 10.1. The molecule has 0 radical (unpaired) electrons. The highest BCUT2D eigenvalue weighted by atomic mass is 32.2. The van der Waals surface area contributed by atoms with Crippen molar-refractivity contribution in [1.29, 1.82) is 0 Å². The minimum absolute atomic E-state index is 0.0303. The first-order valence-corrected chi connectivity index (χ1v) is 12.2. The molecule has 0 bridgehead atoms. The van der Waals surface area contributed by atoms with E-state index in [0.717, 1.165) is 30.0 Å². The molecule has 2 heterocycles. The van der Waals surface area contributed by atoms with Crippen molar-refractivity contribution in [2.24, 2.45) is 0 Å². The summed E-state index contributed by atoms with van der Waals surface area (Å²) >= 11 is 4.01. The van der Waals surface area contributed by atoms with Crippen molar-refractivity contribution in [3.05, 3.63) is 53.1 Å². The predicted octanol–water partition coefficient (Wildman–Crippen LogP) is 5.23. The van der Waals surface area contributed by atoms with E-state index >= 15 is 0 Å². The lowest BCUT2D eigenvalue weighted by Crippen LogP contribution is -2.39. The molecule has 0 unspecified atom stereocenters. The van der Waals surface area contributed by atoms with Crippen LogP contribution in [0.4, 0.5) is 5.69 Å². The normalized spacial score (nSPS) is 17.0. The molecule has 0 N–H and O–H groups in total. The van der Waals surface area contributed by atoms with Gasteiger partial charge in [-0.3, -0.25) is 4.79 Å². The van der Waals surface area contributed by atoms with Gasteiger partial charge in [0.2, 0.25) is 0 Å². The predicted molar refractivity (Wildman–Crippen MR) is 123 cm³/mol. The third kappa shape index (κ3) is 4.53. The summed E-state index contributed by atoms with van der Waals surface area (Å²) in [6.07, 6.45) is 3.22. The van der Waals surface area contributed by atoms with Crippen LogP contribution in [0.2, 0.25) is 0 Å². The van der Waals surface area contributed by atoms with Crippen LogP contribution in [-0.4, -0.2) is 37.7 Å². The number of carbonyl (C=O) groups excluding carboxylic acids is 1. The van der Waals surface area contributed by atoms with Crippen LogP contribution in [0.3, 0.4) is 0 Å². The molecule has 2 aromatic rings. The molecule has 4 rings (SSSR count). The van der Waals surface area contributed by atoms with Gasteiger partial charge < -0.3 is 14.4 Å².